The molecule has 0 spiro atoms. The van der Waals surface area contributed by atoms with Gasteiger partial charge in [-0.05, 0) is 0 Å². The molecule has 1 fully saturated rings. The van der Waals surface area contributed by atoms with Crippen LogP contribution in [0.1, 0.15) is 0 Å². The summed E-state index contributed by atoms with van der Waals surface area (Å²) < 4.78 is 211. The van der Waals surface area contributed by atoms with Gasteiger partial charge in [-0.25, -0.2) is 0 Å². The Hall–Kier alpha value is -1.73. The molecular formula is C9F16NO3-. The van der Waals surface area contributed by atoms with Gasteiger partial charge in [-0.15, -0.1) is 4.90 Å². The van der Waals surface area contributed by atoms with Crippen molar-refractivity contribution in [3.63, 3.8) is 0 Å². The zero-order valence-corrected chi connectivity index (χ0v) is 12.2. The lowest BCUT2D eigenvalue weighted by Gasteiger charge is -2.55. The number of alkyl halides is 16. The number of hydrogen-bond acceptors (Lipinski definition) is 4. The fraction of sp³-hybridized carbons (Fsp3) is 0.889. The number of morpholine rings is 1. The van der Waals surface area contributed by atoms with Gasteiger partial charge in [0, 0.05) is 0 Å². The SMILES string of the molecule is O=C([O-])C(F)(F)C(F)(F)N1C(F)(F)C(F)(C(F)(F)F)OC(F)(C(F)(F)F)C1(F)F. The molecule has 0 amide bonds. The van der Waals surface area contributed by atoms with Gasteiger partial charge in [0.05, 0.1) is 0 Å². The second-order valence-corrected chi connectivity index (χ2v) is 5.11. The fourth-order valence-electron chi connectivity index (χ4n) is 1.85. The predicted octanol–water partition coefficient (Wildman–Crippen LogP) is 2.94. The minimum Gasteiger partial charge on any atom is -0.544 e. The minimum atomic E-state index is -8.02. The zero-order chi connectivity index (χ0) is 23.9. The van der Waals surface area contributed by atoms with Gasteiger partial charge in [-0.2, -0.15) is 70.2 Å². The maximum Gasteiger partial charge on any atom is 0.456 e. The van der Waals surface area contributed by atoms with Crippen molar-refractivity contribution in [1.29, 1.82) is 0 Å². The van der Waals surface area contributed by atoms with Gasteiger partial charge in [0.25, 0.3) is 0 Å². The van der Waals surface area contributed by atoms with Gasteiger partial charge in [-0.3, -0.25) is 4.74 Å². The standard InChI is InChI=1S/C9HF16NO3/c10-2(11,1(27)28)7(20,21)26-8(22,23)3(12,5(14,15)16)29-4(13,6(17,18)19)9(26,24)25/h(H,27,28)/p-1. The van der Waals surface area contributed by atoms with Gasteiger partial charge < -0.3 is 9.90 Å². The molecule has 20 heteroatoms. The van der Waals surface area contributed by atoms with Crippen LogP contribution in [0.4, 0.5) is 70.2 Å². The molecule has 1 aliphatic heterocycles. The Bertz CT molecular complexity index is 646. The molecule has 172 valence electrons. The quantitative estimate of drug-likeness (QED) is 0.467. The van der Waals surface area contributed by atoms with E-state index < -0.39 is 59.0 Å². The van der Waals surface area contributed by atoms with Crippen molar-refractivity contribution in [3.05, 3.63) is 0 Å². The van der Waals surface area contributed by atoms with Crippen LogP contribution in [0.3, 0.4) is 0 Å². The first-order valence-electron chi connectivity index (χ1n) is 6.01. The Morgan fingerprint density at radius 3 is 1.17 bits per heavy atom. The zero-order valence-electron chi connectivity index (χ0n) is 12.2. The van der Waals surface area contributed by atoms with Crippen LogP contribution in [-0.4, -0.2) is 59.0 Å². The molecule has 0 radical (unpaired) electrons. The lowest BCUT2D eigenvalue weighted by atomic mass is 10.0. The summed E-state index contributed by atoms with van der Waals surface area (Å²) in [7, 11) is 0. The third kappa shape index (κ3) is 2.88. The molecule has 0 aromatic carbocycles. The van der Waals surface area contributed by atoms with E-state index in [2.05, 4.69) is 0 Å². The van der Waals surface area contributed by atoms with E-state index >= 15 is 0 Å². The highest BCUT2D eigenvalue weighted by Crippen LogP contribution is 2.65. The van der Waals surface area contributed by atoms with E-state index in [1.165, 1.54) is 0 Å². The summed E-state index contributed by atoms with van der Waals surface area (Å²) in [6.45, 7) is 0. The Morgan fingerprint density at radius 1 is 0.690 bits per heavy atom. The number of ether oxygens (including phenoxy) is 1. The Kier molecular flexibility index (Phi) is 5.16. The van der Waals surface area contributed by atoms with Crippen LogP contribution in [0.25, 0.3) is 0 Å². The molecule has 4 nitrogen and oxygen atoms in total. The van der Waals surface area contributed by atoms with Crippen LogP contribution in [-0.2, 0) is 9.53 Å². The van der Waals surface area contributed by atoms with E-state index in [4.69, 9.17) is 0 Å². The number of carboxylic acids is 1. The van der Waals surface area contributed by atoms with Gasteiger partial charge in [0.2, 0.25) is 0 Å². The monoisotopic (exact) mass is 474 g/mol. The minimum absolute atomic E-state index is 1.55. The highest BCUT2D eigenvalue weighted by Gasteiger charge is 2.96. The summed E-state index contributed by atoms with van der Waals surface area (Å²) in [5.74, 6) is -27.6. The largest absolute Gasteiger partial charge is 0.544 e. The van der Waals surface area contributed by atoms with E-state index in [0.717, 1.165) is 0 Å². The molecule has 0 bridgehead atoms. The number of hydrogen-bond donors (Lipinski definition) is 0. The van der Waals surface area contributed by atoms with Crippen molar-refractivity contribution in [1.82, 2.24) is 4.90 Å². The summed E-state index contributed by atoms with van der Waals surface area (Å²) in [4.78, 5) is 5.42. The highest BCUT2D eigenvalue weighted by molar-refractivity contribution is 5.74. The molecule has 0 aromatic rings. The number of rotatable bonds is 3. The maximum absolute atomic E-state index is 13.6. The molecule has 0 N–H and O–H groups in total. The number of carbonyl (C=O) groups excluding carboxylic acids is 1. The van der Waals surface area contributed by atoms with Gasteiger partial charge in [0.15, 0.2) is 0 Å². The van der Waals surface area contributed by atoms with Crippen molar-refractivity contribution in [2.24, 2.45) is 0 Å². The number of halogens is 16. The third-order valence-corrected chi connectivity index (χ3v) is 3.26. The van der Waals surface area contributed by atoms with E-state index in [-0.39, 0.29) is 0 Å². The molecule has 29 heavy (non-hydrogen) atoms. The van der Waals surface area contributed by atoms with Gasteiger partial charge in [-0.1, -0.05) is 0 Å². The normalized spacial score (nSPS) is 31.6. The summed E-state index contributed by atoms with van der Waals surface area (Å²) >= 11 is 0. The third-order valence-electron chi connectivity index (χ3n) is 3.26. The number of carboxylic acid groups (broad SMARTS) is 1. The molecule has 1 saturated heterocycles. The van der Waals surface area contributed by atoms with E-state index in [1.54, 1.807) is 4.74 Å². The second kappa shape index (κ2) is 5.91. The average Bonchev–Trinajstić information content (AvgIpc) is 2.41. The average molecular weight is 474 g/mol. The number of aliphatic carboxylic acids is 1. The summed E-state index contributed by atoms with van der Waals surface area (Å²) in [5.41, 5.74) is 0. The van der Waals surface area contributed by atoms with Gasteiger partial charge >= 0.3 is 48.1 Å². The topological polar surface area (TPSA) is 52.6 Å². The fourth-order valence-corrected chi connectivity index (χ4v) is 1.85. The molecule has 0 saturated carbocycles. The van der Waals surface area contributed by atoms with Crippen LogP contribution < -0.4 is 5.11 Å². The molecule has 2 unspecified atom stereocenters. The first kappa shape index (κ1) is 25.3. The second-order valence-electron chi connectivity index (χ2n) is 5.11. The highest BCUT2D eigenvalue weighted by atomic mass is 19.4. The summed E-state index contributed by atoms with van der Waals surface area (Å²) in [5, 5.41) is 9.93. The van der Waals surface area contributed by atoms with Crippen LogP contribution in [0.15, 0.2) is 0 Å². The lowest BCUT2D eigenvalue weighted by Crippen LogP contribution is -2.86. The van der Waals surface area contributed by atoms with Crippen molar-refractivity contribution in [2.75, 3.05) is 0 Å². The number of carbonyl (C=O) groups is 1. The van der Waals surface area contributed by atoms with Crippen LogP contribution in [0.5, 0.6) is 0 Å². The van der Waals surface area contributed by atoms with Crippen molar-refractivity contribution in [3.8, 4) is 0 Å². The van der Waals surface area contributed by atoms with E-state index in [1.807, 2.05) is 0 Å². The van der Waals surface area contributed by atoms with Crippen molar-refractivity contribution in [2.45, 2.75) is 48.1 Å². The van der Waals surface area contributed by atoms with Crippen molar-refractivity contribution >= 4 is 5.97 Å². The molecule has 1 aliphatic rings. The smallest absolute Gasteiger partial charge is 0.456 e. The Labute approximate surface area is 145 Å². The first-order chi connectivity index (χ1) is 12.3. The van der Waals surface area contributed by atoms with E-state index in [0.29, 0.717) is 0 Å². The first-order valence-corrected chi connectivity index (χ1v) is 6.01. The summed E-state index contributed by atoms with van der Waals surface area (Å²) in [6, 6.07) is -24.0. The molecule has 1 heterocycles. The summed E-state index contributed by atoms with van der Waals surface area (Å²) in [6.07, 6.45) is -15.5. The number of nitrogens with zero attached hydrogens (tertiary/aromatic N) is 1. The van der Waals surface area contributed by atoms with E-state index in [9.17, 15) is 80.1 Å². The predicted molar refractivity (Wildman–Crippen MR) is 47.5 cm³/mol. The molecule has 0 aliphatic carbocycles. The maximum atomic E-state index is 13.6. The Morgan fingerprint density at radius 2 is 0.966 bits per heavy atom. The van der Waals surface area contributed by atoms with Crippen LogP contribution in [0.2, 0.25) is 0 Å². The van der Waals surface area contributed by atoms with Crippen molar-refractivity contribution < 1.29 is 84.9 Å². The van der Waals surface area contributed by atoms with Crippen LogP contribution in [0, 0.1) is 0 Å². The molecule has 2 atom stereocenters. The lowest BCUT2D eigenvalue weighted by molar-refractivity contribution is -0.602. The van der Waals surface area contributed by atoms with Crippen LogP contribution >= 0.6 is 0 Å². The molecular weight excluding hydrogens is 474 g/mol. The van der Waals surface area contributed by atoms with Gasteiger partial charge in [0.1, 0.15) is 5.97 Å². The molecule has 1 rings (SSSR count). The Balaban J connectivity index is 4.09. The molecule has 0 aromatic heterocycles.